The number of halogens is 1. The van der Waals surface area contributed by atoms with Crippen LogP contribution in [0.3, 0.4) is 0 Å². The first kappa shape index (κ1) is 18.8. The maximum atomic E-state index is 13.1. The number of carbonyl (C=O) groups is 1. The van der Waals surface area contributed by atoms with E-state index in [1.165, 1.54) is 11.8 Å². The molecule has 1 N–H and O–H groups in total. The molecule has 4 rings (SSSR count). The molecule has 1 saturated heterocycles. The Morgan fingerprint density at radius 2 is 2.26 bits per heavy atom. The number of aromatic nitrogens is 2. The van der Waals surface area contributed by atoms with Crippen molar-refractivity contribution >= 4 is 40.2 Å². The summed E-state index contributed by atoms with van der Waals surface area (Å²) in [5.41, 5.74) is 0.429. The molecule has 1 aliphatic heterocycles. The number of hydrogen-bond donors (Lipinski definition) is 1. The number of ether oxygens (including phenoxy) is 1. The minimum Gasteiger partial charge on any atom is -0.376 e. The molecule has 0 bridgehead atoms. The second kappa shape index (κ2) is 7.81. The predicted molar refractivity (Wildman–Crippen MR) is 106 cm³/mol. The van der Waals surface area contributed by atoms with E-state index in [1.807, 2.05) is 6.92 Å². The van der Waals surface area contributed by atoms with Crippen molar-refractivity contribution in [1.82, 2.24) is 14.9 Å². The molecule has 0 spiro atoms. The van der Waals surface area contributed by atoms with Crippen LogP contribution in [0.2, 0.25) is 5.02 Å². The van der Waals surface area contributed by atoms with Crippen LogP contribution in [-0.4, -0.2) is 39.5 Å². The maximum absolute atomic E-state index is 13.1. The van der Waals surface area contributed by atoms with Gasteiger partial charge < -0.3 is 10.1 Å². The Morgan fingerprint density at radius 3 is 2.96 bits per heavy atom. The lowest BCUT2D eigenvalue weighted by Gasteiger charge is -2.18. The molecule has 2 aromatic rings. The molecule has 27 heavy (non-hydrogen) atoms. The van der Waals surface area contributed by atoms with Crippen LogP contribution in [0.5, 0.6) is 0 Å². The first-order valence-corrected chi connectivity index (χ1v) is 10.6. The van der Waals surface area contributed by atoms with Crippen LogP contribution in [-0.2, 0) is 16.1 Å². The smallest absolute Gasteiger partial charge is 0.262 e. The lowest BCUT2D eigenvalue weighted by molar-refractivity contribution is -0.120. The molecule has 1 aromatic heterocycles. The second-order valence-electron chi connectivity index (χ2n) is 7.15. The third kappa shape index (κ3) is 4.31. The average molecular weight is 408 g/mol. The predicted octanol–water partition coefficient (Wildman–Crippen LogP) is 2.99. The summed E-state index contributed by atoms with van der Waals surface area (Å²) in [6.45, 7) is 3.01. The van der Waals surface area contributed by atoms with Crippen LogP contribution < -0.4 is 10.9 Å². The minimum absolute atomic E-state index is 0.00389. The van der Waals surface area contributed by atoms with E-state index in [9.17, 15) is 9.59 Å². The molecule has 6 nitrogen and oxygen atoms in total. The maximum Gasteiger partial charge on any atom is 0.262 e. The zero-order valence-corrected chi connectivity index (χ0v) is 16.7. The van der Waals surface area contributed by atoms with Gasteiger partial charge >= 0.3 is 0 Å². The van der Waals surface area contributed by atoms with Gasteiger partial charge in [-0.15, -0.1) is 0 Å². The van der Waals surface area contributed by atoms with Crippen LogP contribution in [0.4, 0.5) is 0 Å². The van der Waals surface area contributed by atoms with Crippen molar-refractivity contribution in [3.8, 4) is 0 Å². The van der Waals surface area contributed by atoms with Crippen LogP contribution in [0.15, 0.2) is 28.2 Å². The quantitative estimate of drug-likeness (QED) is 0.588. The van der Waals surface area contributed by atoms with E-state index in [1.54, 1.807) is 22.8 Å². The van der Waals surface area contributed by atoms with Gasteiger partial charge in [0.1, 0.15) is 0 Å². The van der Waals surface area contributed by atoms with E-state index in [4.69, 9.17) is 16.3 Å². The summed E-state index contributed by atoms with van der Waals surface area (Å²) >= 11 is 7.39. The van der Waals surface area contributed by atoms with Gasteiger partial charge in [0.15, 0.2) is 5.16 Å². The zero-order valence-electron chi connectivity index (χ0n) is 15.1. The number of hydrogen-bond acceptors (Lipinski definition) is 5. The highest BCUT2D eigenvalue weighted by molar-refractivity contribution is 8.00. The first-order chi connectivity index (χ1) is 13.0. The number of nitrogens with zero attached hydrogens (tertiary/aromatic N) is 2. The van der Waals surface area contributed by atoms with Gasteiger partial charge in [0.25, 0.3) is 5.56 Å². The summed E-state index contributed by atoms with van der Waals surface area (Å²) in [7, 11) is 0. The summed E-state index contributed by atoms with van der Waals surface area (Å²) in [5.74, 6) is -0.0217. The van der Waals surface area contributed by atoms with Crippen LogP contribution in [0, 0.1) is 0 Å². The molecule has 1 aliphatic carbocycles. The molecule has 0 unspecified atom stereocenters. The average Bonchev–Trinajstić information content (AvgIpc) is 3.29. The van der Waals surface area contributed by atoms with Gasteiger partial charge in [-0.3, -0.25) is 14.2 Å². The Morgan fingerprint density at radius 1 is 1.44 bits per heavy atom. The summed E-state index contributed by atoms with van der Waals surface area (Å²) in [6, 6.07) is 5.39. The van der Waals surface area contributed by atoms with E-state index in [-0.39, 0.29) is 22.8 Å². The van der Waals surface area contributed by atoms with Crippen molar-refractivity contribution < 1.29 is 9.53 Å². The third-order valence-electron chi connectivity index (χ3n) is 4.87. The fourth-order valence-electron chi connectivity index (χ4n) is 3.17. The van der Waals surface area contributed by atoms with Gasteiger partial charge in [-0.25, -0.2) is 4.98 Å². The second-order valence-corrected chi connectivity index (χ2v) is 8.89. The number of thioether (sulfide) groups is 1. The molecule has 1 amide bonds. The molecule has 0 radical (unpaired) electrons. The van der Waals surface area contributed by atoms with Gasteiger partial charge in [0.2, 0.25) is 5.91 Å². The normalized spacial score (nSPS) is 20.7. The van der Waals surface area contributed by atoms with Crippen molar-refractivity contribution in [1.29, 1.82) is 0 Å². The Balaban J connectivity index is 1.68. The number of nitrogens with one attached hydrogen (secondary N) is 1. The van der Waals surface area contributed by atoms with Gasteiger partial charge in [0.05, 0.1) is 28.8 Å². The first-order valence-electron chi connectivity index (χ1n) is 9.30. The molecule has 2 atom stereocenters. The van der Waals surface area contributed by atoms with Gasteiger partial charge in [-0.05, 0) is 50.8 Å². The molecule has 1 saturated carbocycles. The Labute approximate surface area is 166 Å². The lowest BCUT2D eigenvalue weighted by atomic mass is 10.2. The van der Waals surface area contributed by atoms with Gasteiger partial charge in [-0.1, -0.05) is 23.4 Å². The molecular weight excluding hydrogens is 386 g/mol. The van der Waals surface area contributed by atoms with E-state index >= 15 is 0 Å². The fraction of sp³-hybridized carbons (Fsp3) is 0.526. The highest BCUT2D eigenvalue weighted by atomic mass is 35.5. The van der Waals surface area contributed by atoms with Gasteiger partial charge in [0, 0.05) is 17.7 Å². The Hall–Kier alpha value is -1.57. The molecule has 2 aliphatic rings. The molecule has 2 heterocycles. The highest BCUT2D eigenvalue weighted by Crippen LogP contribution is 2.26. The molecule has 2 fully saturated rings. The van der Waals surface area contributed by atoms with Crippen molar-refractivity contribution in [3.05, 3.63) is 33.6 Å². The number of rotatable bonds is 6. The topological polar surface area (TPSA) is 73.2 Å². The lowest BCUT2D eigenvalue weighted by Crippen LogP contribution is -2.34. The van der Waals surface area contributed by atoms with Gasteiger partial charge in [-0.2, -0.15) is 0 Å². The monoisotopic (exact) mass is 407 g/mol. The van der Waals surface area contributed by atoms with E-state index in [2.05, 4.69) is 10.3 Å². The highest BCUT2D eigenvalue weighted by Gasteiger charge is 2.27. The Kier molecular flexibility index (Phi) is 5.43. The van der Waals surface area contributed by atoms with Crippen molar-refractivity contribution in [3.63, 3.8) is 0 Å². The van der Waals surface area contributed by atoms with Crippen molar-refractivity contribution in [2.75, 3.05) is 6.61 Å². The largest absolute Gasteiger partial charge is 0.376 e. The third-order valence-corrected chi connectivity index (χ3v) is 6.19. The molecule has 144 valence electrons. The molecule has 1 aromatic carbocycles. The fourth-order valence-corrected chi connectivity index (χ4v) is 4.27. The van der Waals surface area contributed by atoms with E-state index in [0.29, 0.717) is 33.7 Å². The van der Waals surface area contributed by atoms with Crippen LogP contribution in [0.1, 0.15) is 32.6 Å². The molecular formula is C19H22ClN3O3S. The molecule has 8 heteroatoms. The number of fused-ring (bicyclic) bond motifs is 1. The van der Waals surface area contributed by atoms with Crippen molar-refractivity contribution in [2.45, 2.75) is 61.7 Å². The number of carbonyl (C=O) groups excluding carboxylic acids is 1. The zero-order chi connectivity index (χ0) is 19.0. The minimum atomic E-state index is -0.343. The van der Waals surface area contributed by atoms with E-state index in [0.717, 1.165) is 32.3 Å². The SMILES string of the molecule is C[C@@H](Sc1nc2cc(Cl)ccc2c(=O)n1C[C@H]1CCCO1)C(=O)NC1CC1. The summed E-state index contributed by atoms with van der Waals surface area (Å²) in [5, 5.41) is 4.25. The van der Waals surface area contributed by atoms with Crippen molar-refractivity contribution in [2.24, 2.45) is 0 Å². The number of benzene rings is 1. The number of amides is 1. The van der Waals surface area contributed by atoms with E-state index < -0.39 is 0 Å². The Bertz CT molecular complexity index is 922. The van der Waals surface area contributed by atoms with Crippen LogP contribution >= 0.6 is 23.4 Å². The summed E-state index contributed by atoms with van der Waals surface area (Å²) < 4.78 is 7.36. The summed E-state index contributed by atoms with van der Waals surface area (Å²) in [6.07, 6.45) is 4.01. The standard InChI is InChI=1S/C19H22ClN3O3S/c1-11(17(24)21-13-5-6-13)27-19-22-16-9-12(20)4-7-15(16)18(25)23(19)10-14-3-2-8-26-14/h4,7,9,11,13-14H,2-3,5-6,8,10H2,1H3,(H,21,24)/t11-,14-/m1/s1. The summed E-state index contributed by atoms with van der Waals surface area (Å²) in [4.78, 5) is 30.1. The van der Waals surface area contributed by atoms with Crippen LogP contribution in [0.25, 0.3) is 10.9 Å².